The number of nitrogens with one attached hydrogen (secondary N) is 2. The molecule has 0 bridgehead atoms. The van der Waals surface area contributed by atoms with E-state index in [1.165, 1.54) is 0 Å². The summed E-state index contributed by atoms with van der Waals surface area (Å²) in [6, 6.07) is 13.3. The normalized spacial score (nSPS) is 12.3. The van der Waals surface area contributed by atoms with Crippen LogP contribution in [0.3, 0.4) is 0 Å². The Morgan fingerprint density at radius 1 is 1.11 bits per heavy atom. The molecule has 0 aliphatic heterocycles. The topological polar surface area (TPSA) is 93.7 Å². The van der Waals surface area contributed by atoms with Gasteiger partial charge in [0.25, 0.3) is 0 Å². The minimum Gasteiger partial charge on any atom is -0.497 e. The molecule has 8 heteroatoms. The van der Waals surface area contributed by atoms with E-state index in [0.29, 0.717) is 29.4 Å². The molecule has 1 amide bonds. The van der Waals surface area contributed by atoms with Crippen molar-refractivity contribution in [3.63, 3.8) is 0 Å². The molecule has 2 rings (SSSR count). The van der Waals surface area contributed by atoms with Crippen LogP contribution >= 0.6 is 0 Å². The highest BCUT2D eigenvalue weighted by atomic mass is 32.2. The van der Waals surface area contributed by atoms with E-state index in [2.05, 4.69) is 10.0 Å². The van der Waals surface area contributed by atoms with Crippen molar-refractivity contribution < 1.29 is 22.7 Å². The van der Waals surface area contributed by atoms with Crippen LogP contribution in [0.2, 0.25) is 0 Å². The van der Waals surface area contributed by atoms with Gasteiger partial charge in [-0.3, -0.25) is 4.79 Å². The fourth-order valence-electron chi connectivity index (χ4n) is 2.56. The smallest absolute Gasteiger partial charge is 0.226 e. The molecule has 0 unspecified atom stereocenters. The highest BCUT2D eigenvalue weighted by molar-refractivity contribution is 7.88. The summed E-state index contributed by atoms with van der Waals surface area (Å²) in [4.78, 5) is 12.5. The van der Waals surface area contributed by atoms with Gasteiger partial charge in [-0.25, -0.2) is 13.1 Å². The SMILES string of the molecule is CCOc1ccccc1NC(=O)C[C@@H](NS(C)(=O)=O)c1ccc(OC)cc1. The largest absolute Gasteiger partial charge is 0.497 e. The number of rotatable bonds is 9. The van der Waals surface area contributed by atoms with Crippen LogP contribution in [-0.2, 0) is 14.8 Å². The second-order valence-corrected chi connectivity index (χ2v) is 7.68. The highest BCUT2D eigenvalue weighted by Crippen LogP contribution is 2.26. The summed E-state index contributed by atoms with van der Waals surface area (Å²) in [5.41, 5.74) is 1.20. The van der Waals surface area contributed by atoms with E-state index >= 15 is 0 Å². The monoisotopic (exact) mass is 392 g/mol. The zero-order valence-corrected chi connectivity index (χ0v) is 16.4. The molecule has 146 valence electrons. The molecular formula is C19H24N2O5S. The summed E-state index contributed by atoms with van der Waals surface area (Å²) in [6.45, 7) is 2.32. The Kier molecular flexibility index (Phi) is 7.20. The predicted octanol–water partition coefficient (Wildman–Crippen LogP) is 2.71. The molecule has 0 radical (unpaired) electrons. The van der Waals surface area contributed by atoms with E-state index < -0.39 is 16.1 Å². The third kappa shape index (κ3) is 6.58. The van der Waals surface area contributed by atoms with Crippen molar-refractivity contribution >= 4 is 21.6 Å². The van der Waals surface area contributed by atoms with Gasteiger partial charge in [-0.2, -0.15) is 0 Å². The molecule has 0 aliphatic rings. The summed E-state index contributed by atoms with van der Waals surface area (Å²) in [5, 5.41) is 2.78. The molecule has 7 nitrogen and oxygen atoms in total. The van der Waals surface area contributed by atoms with Crippen LogP contribution in [0.15, 0.2) is 48.5 Å². The first kappa shape index (κ1) is 20.7. The first-order chi connectivity index (χ1) is 12.8. The molecule has 0 fully saturated rings. The van der Waals surface area contributed by atoms with Gasteiger partial charge in [0.1, 0.15) is 11.5 Å². The Hall–Kier alpha value is -2.58. The number of hydrogen-bond donors (Lipinski definition) is 2. The van der Waals surface area contributed by atoms with E-state index in [1.54, 1.807) is 49.6 Å². The number of carbonyl (C=O) groups is 1. The molecule has 2 aromatic rings. The number of methoxy groups -OCH3 is 1. The van der Waals surface area contributed by atoms with Crippen molar-refractivity contribution in [3.05, 3.63) is 54.1 Å². The number of benzene rings is 2. The van der Waals surface area contributed by atoms with Crippen molar-refractivity contribution in [2.24, 2.45) is 0 Å². The van der Waals surface area contributed by atoms with Crippen LogP contribution in [0.25, 0.3) is 0 Å². The van der Waals surface area contributed by atoms with E-state index in [0.717, 1.165) is 6.26 Å². The van der Waals surface area contributed by atoms with Gasteiger partial charge in [0, 0.05) is 6.42 Å². The molecule has 2 N–H and O–H groups in total. The average Bonchev–Trinajstić information content (AvgIpc) is 2.62. The van der Waals surface area contributed by atoms with E-state index in [1.807, 2.05) is 13.0 Å². The van der Waals surface area contributed by atoms with Crippen LogP contribution in [-0.4, -0.2) is 34.3 Å². The molecule has 0 aromatic heterocycles. The minimum absolute atomic E-state index is 0.0696. The number of ether oxygens (including phenoxy) is 2. The van der Waals surface area contributed by atoms with Gasteiger partial charge in [0.15, 0.2) is 0 Å². The lowest BCUT2D eigenvalue weighted by molar-refractivity contribution is -0.116. The molecule has 27 heavy (non-hydrogen) atoms. The van der Waals surface area contributed by atoms with Gasteiger partial charge < -0.3 is 14.8 Å². The molecule has 0 heterocycles. The summed E-state index contributed by atoms with van der Waals surface area (Å²) in [5.74, 6) is 0.872. The van der Waals surface area contributed by atoms with Crippen LogP contribution in [0.5, 0.6) is 11.5 Å². The Morgan fingerprint density at radius 3 is 2.37 bits per heavy atom. The standard InChI is InChI=1S/C19H24N2O5S/c1-4-26-18-8-6-5-7-16(18)20-19(22)13-17(21-27(3,23)24)14-9-11-15(25-2)12-10-14/h5-12,17,21H,4,13H2,1-3H3,(H,20,22)/t17-/m1/s1. The molecule has 0 saturated heterocycles. The van der Waals surface area contributed by atoms with Crippen LogP contribution in [0.1, 0.15) is 24.9 Å². The number of para-hydroxylation sites is 2. The number of anilines is 1. The average molecular weight is 392 g/mol. The number of hydrogen-bond acceptors (Lipinski definition) is 5. The van der Waals surface area contributed by atoms with Crippen molar-refractivity contribution in [3.8, 4) is 11.5 Å². The predicted molar refractivity (Wildman–Crippen MR) is 105 cm³/mol. The zero-order chi connectivity index (χ0) is 19.9. The third-order valence-electron chi connectivity index (χ3n) is 3.73. The molecular weight excluding hydrogens is 368 g/mol. The fourth-order valence-corrected chi connectivity index (χ4v) is 3.30. The van der Waals surface area contributed by atoms with Gasteiger partial charge in [0.05, 0.1) is 31.7 Å². The van der Waals surface area contributed by atoms with Gasteiger partial charge in [-0.1, -0.05) is 24.3 Å². The minimum atomic E-state index is -3.51. The molecule has 1 atom stereocenters. The Labute approximate surface area is 159 Å². The number of sulfonamides is 1. The molecule has 0 aliphatic carbocycles. The van der Waals surface area contributed by atoms with E-state index in [9.17, 15) is 13.2 Å². The summed E-state index contributed by atoms with van der Waals surface area (Å²) < 4.78 is 36.6. The van der Waals surface area contributed by atoms with E-state index in [-0.39, 0.29) is 12.3 Å². The number of carbonyl (C=O) groups excluding carboxylic acids is 1. The highest BCUT2D eigenvalue weighted by Gasteiger charge is 2.20. The van der Waals surface area contributed by atoms with Gasteiger partial charge in [-0.15, -0.1) is 0 Å². The maximum absolute atomic E-state index is 12.5. The van der Waals surface area contributed by atoms with Crippen LogP contribution in [0.4, 0.5) is 5.69 Å². The first-order valence-corrected chi connectivity index (χ1v) is 10.3. The van der Waals surface area contributed by atoms with Crippen LogP contribution < -0.4 is 19.5 Å². The zero-order valence-electron chi connectivity index (χ0n) is 15.6. The summed E-state index contributed by atoms with van der Waals surface area (Å²) in [7, 11) is -1.96. The van der Waals surface area contributed by atoms with E-state index in [4.69, 9.17) is 9.47 Å². The molecule has 0 spiro atoms. The van der Waals surface area contributed by atoms with Crippen molar-refractivity contribution in [1.82, 2.24) is 4.72 Å². The Balaban J connectivity index is 2.18. The summed E-state index contributed by atoms with van der Waals surface area (Å²) in [6.07, 6.45) is 0.992. The maximum atomic E-state index is 12.5. The molecule has 2 aromatic carbocycles. The second-order valence-electron chi connectivity index (χ2n) is 5.90. The van der Waals surface area contributed by atoms with Crippen LogP contribution in [0, 0.1) is 0 Å². The third-order valence-corrected chi connectivity index (χ3v) is 4.44. The quantitative estimate of drug-likeness (QED) is 0.684. The Bertz CT molecular complexity index is 866. The van der Waals surface area contributed by atoms with Gasteiger partial charge in [0.2, 0.25) is 15.9 Å². The lowest BCUT2D eigenvalue weighted by Crippen LogP contribution is -2.30. The van der Waals surface area contributed by atoms with Gasteiger partial charge >= 0.3 is 0 Å². The van der Waals surface area contributed by atoms with Crippen molar-refractivity contribution in [2.75, 3.05) is 25.3 Å². The second kappa shape index (κ2) is 9.38. The van der Waals surface area contributed by atoms with Crippen molar-refractivity contribution in [1.29, 1.82) is 0 Å². The Morgan fingerprint density at radius 2 is 1.78 bits per heavy atom. The first-order valence-electron chi connectivity index (χ1n) is 8.45. The molecule has 0 saturated carbocycles. The van der Waals surface area contributed by atoms with Gasteiger partial charge in [-0.05, 0) is 36.8 Å². The fraction of sp³-hybridized carbons (Fsp3) is 0.316. The lowest BCUT2D eigenvalue weighted by atomic mass is 10.0. The maximum Gasteiger partial charge on any atom is 0.226 e. The number of amides is 1. The summed E-state index contributed by atoms with van der Waals surface area (Å²) >= 11 is 0. The van der Waals surface area contributed by atoms with Crippen molar-refractivity contribution in [2.45, 2.75) is 19.4 Å². The lowest BCUT2D eigenvalue weighted by Gasteiger charge is -2.19.